The van der Waals surface area contributed by atoms with Crippen molar-refractivity contribution in [2.24, 2.45) is 5.92 Å². The first-order valence-electron chi connectivity index (χ1n) is 9.87. The zero-order valence-corrected chi connectivity index (χ0v) is 16.4. The molecule has 1 atom stereocenters. The third kappa shape index (κ3) is 4.54. The molecule has 2 heterocycles. The van der Waals surface area contributed by atoms with E-state index < -0.39 is 0 Å². The number of nitrogens with zero attached hydrogens (tertiary/aromatic N) is 2. The van der Waals surface area contributed by atoms with Gasteiger partial charge in [-0.25, -0.2) is 4.79 Å². The first-order valence-corrected chi connectivity index (χ1v) is 9.87. The van der Waals surface area contributed by atoms with E-state index in [9.17, 15) is 9.59 Å². The maximum atomic E-state index is 12.8. The number of aromatic nitrogens is 1. The number of carbonyl (C=O) groups excluding carboxylic acids is 2. The van der Waals surface area contributed by atoms with Gasteiger partial charge in [0.2, 0.25) is 5.91 Å². The highest BCUT2D eigenvalue weighted by Gasteiger charge is 2.28. The third-order valence-electron chi connectivity index (χ3n) is 5.21. The van der Waals surface area contributed by atoms with Crippen LogP contribution in [0.3, 0.4) is 0 Å². The number of nitrogens with one attached hydrogen (secondary N) is 2. The molecule has 29 heavy (non-hydrogen) atoms. The molecule has 1 aromatic heterocycles. The third-order valence-corrected chi connectivity index (χ3v) is 5.21. The van der Waals surface area contributed by atoms with Gasteiger partial charge in [-0.05, 0) is 49.6 Å². The first-order chi connectivity index (χ1) is 14.1. The van der Waals surface area contributed by atoms with E-state index >= 15 is 0 Å². The lowest BCUT2D eigenvalue weighted by molar-refractivity contribution is -0.121. The van der Waals surface area contributed by atoms with Crippen LogP contribution in [0.25, 0.3) is 10.9 Å². The molecule has 0 aliphatic carbocycles. The molecule has 0 radical (unpaired) electrons. The van der Waals surface area contributed by atoms with Gasteiger partial charge >= 0.3 is 6.03 Å². The van der Waals surface area contributed by atoms with Crippen molar-refractivity contribution < 1.29 is 9.59 Å². The van der Waals surface area contributed by atoms with Crippen LogP contribution in [0.15, 0.2) is 60.8 Å². The number of likely N-dealkylation sites (tertiary alicyclic amines) is 1. The standard InChI is InChI=1S/C23H24N4O2/c1-16-6-4-9-19(12-16)26-23(29)27-11-5-8-18(15-27)22(28)25-20-13-17-7-2-3-10-21(17)24-14-20/h2-4,6-7,9-10,12-14,18H,5,8,11,15H2,1H3,(H,25,28)(H,26,29). The van der Waals surface area contributed by atoms with Crippen LogP contribution < -0.4 is 10.6 Å². The zero-order valence-electron chi connectivity index (χ0n) is 16.4. The molecule has 1 fully saturated rings. The van der Waals surface area contributed by atoms with Crippen LogP contribution in [0.2, 0.25) is 0 Å². The lowest BCUT2D eigenvalue weighted by Crippen LogP contribution is -2.45. The molecule has 1 aliphatic rings. The summed E-state index contributed by atoms with van der Waals surface area (Å²) >= 11 is 0. The van der Waals surface area contributed by atoms with Gasteiger partial charge in [0.1, 0.15) is 0 Å². The molecule has 4 rings (SSSR count). The Hall–Kier alpha value is -3.41. The second-order valence-corrected chi connectivity index (χ2v) is 7.49. The maximum absolute atomic E-state index is 12.8. The van der Waals surface area contributed by atoms with E-state index in [1.807, 2.05) is 61.5 Å². The van der Waals surface area contributed by atoms with Crippen molar-refractivity contribution in [3.05, 3.63) is 66.4 Å². The summed E-state index contributed by atoms with van der Waals surface area (Å²) in [6.45, 7) is 3.04. The van der Waals surface area contributed by atoms with E-state index in [1.165, 1.54) is 0 Å². The fourth-order valence-electron chi connectivity index (χ4n) is 3.68. The normalized spacial score (nSPS) is 16.4. The number of urea groups is 1. The van der Waals surface area contributed by atoms with Gasteiger partial charge in [-0.15, -0.1) is 0 Å². The lowest BCUT2D eigenvalue weighted by atomic mass is 9.97. The highest BCUT2D eigenvalue weighted by atomic mass is 16.2. The summed E-state index contributed by atoms with van der Waals surface area (Å²) in [7, 11) is 0. The summed E-state index contributed by atoms with van der Waals surface area (Å²) in [6, 6.07) is 17.2. The Bertz CT molecular complexity index is 1050. The van der Waals surface area contributed by atoms with E-state index in [0.29, 0.717) is 18.8 Å². The SMILES string of the molecule is Cc1cccc(NC(=O)N2CCCC(C(=O)Nc3cnc4ccccc4c3)C2)c1. The molecule has 6 heteroatoms. The molecule has 0 bridgehead atoms. The van der Waals surface area contributed by atoms with Gasteiger partial charge in [-0.3, -0.25) is 9.78 Å². The Kier molecular flexibility index (Phi) is 5.42. The van der Waals surface area contributed by atoms with Crippen molar-refractivity contribution in [2.45, 2.75) is 19.8 Å². The monoisotopic (exact) mass is 388 g/mol. The minimum absolute atomic E-state index is 0.0739. The second kappa shape index (κ2) is 8.31. The predicted octanol–water partition coefficient (Wildman–Crippen LogP) is 4.43. The molecule has 1 saturated heterocycles. The molecule has 6 nitrogen and oxygen atoms in total. The molecule has 3 aromatic rings. The van der Waals surface area contributed by atoms with Crippen LogP contribution in [-0.2, 0) is 4.79 Å². The van der Waals surface area contributed by atoms with E-state index in [-0.39, 0.29) is 17.9 Å². The van der Waals surface area contributed by atoms with Gasteiger partial charge in [-0.1, -0.05) is 30.3 Å². The Morgan fingerprint density at radius 2 is 1.90 bits per heavy atom. The average molecular weight is 388 g/mol. The van der Waals surface area contributed by atoms with Crippen LogP contribution in [0.4, 0.5) is 16.2 Å². The van der Waals surface area contributed by atoms with E-state index in [4.69, 9.17) is 0 Å². The number of benzene rings is 2. The van der Waals surface area contributed by atoms with Crippen LogP contribution in [-0.4, -0.2) is 34.9 Å². The van der Waals surface area contributed by atoms with Crippen molar-refractivity contribution in [3.63, 3.8) is 0 Å². The number of fused-ring (bicyclic) bond motifs is 1. The molecule has 3 amide bonds. The lowest BCUT2D eigenvalue weighted by Gasteiger charge is -2.32. The van der Waals surface area contributed by atoms with Crippen molar-refractivity contribution in [2.75, 3.05) is 23.7 Å². The van der Waals surface area contributed by atoms with Gasteiger partial charge in [0.25, 0.3) is 0 Å². The largest absolute Gasteiger partial charge is 0.324 e. The topological polar surface area (TPSA) is 74.3 Å². The van der Waals surface area contributed by atoms with E-state index in [2.05, 4.69) is 15.6 Å². The number of para-hydroxylation sites is 1. The van der Waals surface area contributed by atoms with Crippen LogP contribution in [0, 0.1) is 12.8 Å². The summed E-state index contributed by atoms with van der Waals surface area (Å²) in [6.07, 6.45) is 3.24. The number of anilines is 2. The van der Waals surface area contributed by atoms with Crippen LogP contribution in [0.5, 0.6) is 0 Å². The molecule has 0 saturated carbocycles. The Morgan fingerprint density at radius 3 is 2.76 bits per heavy atom. The van der Waals surface area contributed by atoms with E-state index in [0.717, 1.165) is 35.0 Å². The predicted molar refractivity (Wildman–Crippen MR) is 115 cm³/mol. The summed E-state index contributed by atoms with van der Waals surface area (Å²) in [5.74, 6) is -0.311. The molecule has 2 aromatic carbocycles. The zero-order chi connectivity index (χ0) is 20.2. The number of hydrogen-bond donors (Lipinski definition) is 2. The van der Waals surface area contributed by atoms with Crippen molar-refractivity contribution in [3.8, 4) is 0 Å². The highest BCUT2D eigenvalue weighted by molar-refractivity contribution is 5.95. The molecule has 2 N–H and O–H groups in total. The smallest absolute Gasteiger partial charge is 0.321 e. The molecular formula is C23H24N4O2. The Morgan fingerprint density at radius 1 is 1.03 bits per heavy atom. The molecule has 148 valence electrons. The van der Waals surface area contributed by atoms with Crippen molar-refractivity contribution in [1.82, 2.24) is 9.88 Å². The second-order valence-electron chi connectivity index (χ2n) is 7.49. The Balaban J connectivity index is 1.39. The highest BCUT2D eigenvalue weighted by Crippen LogP contribution is 2.21. The average Bonchev–Trinajstić information content (AvgIpc) is 2.74. The summed E-state index contributed by atoms with van der Waals surface area (Å²) in [5, 5.41) is 6.87. The van der Waals surface area contributed by atoms with Gasteiger partial charge in [0.15, 0.2) is 0 Å². The molecular weight excluding hydrogens is 364 g/mol. The fraction of sp³-hybridized carbons (Fsp3) is 0.261. The van der Waals surface area contributed by atoms with Crippen LogP contribution >= 0.6 is 0 Å². The van der Waals surface area contributed by atoms with Crippen molar-refractivity contribution >= 4 is 34.2 Å². The van der Waals surface area contributed by atoms with Crippen molar-refractivity contribution in [1.29, 1.82) is 0 Å². The number of hydrogen-bond acceptors (Lipinski definition) is 3. The Labute approximate surface area is 169 Å². The van der Waals surface area contributed by atoms with Gasteiger partial charge < -0.3 is 15.5 Å². The van der Waals surface area contributed by atoms with Crippen LogP contribution in [0.1, 0.15) is 18.4 Å². The number of pyridine rings is 1. The van der Waals surface area contributed by atoms with E-state index in [1.54, 1.807) is 11.1 Å². The number of amides is 3. The minimum atomic E-state index is -0.238. The number of piperidine rings is 1. The number of aryl methyl sites for hydroxylation is 1. The number of rotatable bonds is 3. The number of carbonyl (C=O) groups is 2. The van der Waals surface area contributed by atoms with Gasteiger partial charge in [-0.2, -0.15) is 0 Å². The molecule has 1 aliphatic heterocycles. The quantitative estimate of drug-likeness (QED) is 0.697. The first kappa shape index (κ1) is 18.9. The summed E-state index contributed by atoms with van der Waals surface area (Å²) in [5.41, 5.74) is 3.42. The fourth-order valence-corrected chi connectivity index (χ4v) is 3.68. The maximum Gasteiger partial charge on any atom is 0.321 e. The van der Waals surface area contributed by atoms with Gasteiger partial charge in [0, 0.05) is 24.2 Å². The summed E-state index contributed by atoms with van der Waals surface area (Å²) < 4.78 is 0. The summed E-state index contributed by atoms with van der Waals surface area (Å²) in [4.78, 5) is 31.5. The molecule has 0 spiro atoms. The molecule has 1 unspecified atom stereocenters. The minimum Gasteiger partial charge on any atom is -0.324 e. The van der Waals surface area contributed by atoms with Gasteiger partial charge in [0.05, 0.1) is 23.3 Å².